The van der Waals surface area contributed by atoms with Gasteiger partial charge in [-0.2, -0.15) is 0 Å². The van der Waals surface area contributed by atoms with Crippen LogP contribution in [-0.4, -0.2) is 16.2 Å². The summed E-state index contributed by atoms with van der Waals surface area (Å²) in [6.07, 6.45) is 0.673. The van der Waals surface area contributed by atoms with Crippen LogP contribution in [0.3, 0.4) is 0 Å². The molecule has 1 aromatic rings. The quantitative estimate of drug-likeness (QED) is 0.490. The number of carbonyl (C=O) groups is 1. The molecule has 0 heterocycles. The summed E-state index contributed by atoms with van der Waals surface area (Å²) in [6.45, 7) is 14.3. The second kappa shape index (κ2) is 5.82. The molecule has 1 rings (SSSR count). The van der Waals surface area contributed by atoms with Gasteiger partial charge in [-0.05, 0) is 36.3 Å². The van der Waals surface area contributed by atoms with Crippen LogP contribution < -0.4 is 4.74 Å². The molecule has 0 aliphatic heterocycles. The van der Waals surface area contributed by atoms with Gasteiger partial charge in [0.25, 0.3) is 0 Å². The van der Waals surface area contributed by atoms with Gasteiger partial charge in [0.1, 0.15) is 5.75 Å². The van der Waals surface area contributed by atoms with Gasteiger partial charge in [0.15, 0.2) is 11.5 Å². The van der Waals surface area contributed by atoms with E-state index in [0.717, 1.165) is 0 Å². The Balaban J connectivity index is 3.10. The molecule has 0 fully saturated rings. The van der Waals surface area contributed by atoms with Gasteiger partial charge in [0.2, 0.25) is 0 Å². The zero-order valence-corrected chi connectivity index (χ0v) is 14.7. The van der Waals surface area contributed by atoms with Gasteiger partial charge in [-0.25, -0.2) is 0 Å². The molecule has 1 atom stereocenters. The molecule has 0 radical (unpaired) electrons. The van der Waals surface area contributed by atoms with Crippen LogP contribution in [0.1, 0.15) is 54.9 Å². The predicted octanol–water partition coefficient (Wildman–Crippen LogP) is 4.49. The van der Waals surface area contributed by atoms with E-state index in [1.165, 1.54) is 18.2 Å². The van der Waals surface area contributed by atoms with E-state index in [0.29, 0.717) is 6.42 Å². The van der Waals surface area contributed by atoms with Crippen LogP contribution in [0.5, 0.6) is 17.2 Å². The maximum Gasteiger partial charge on any atom is 0.317 e. The van der Waals surface area contributed by atoms with Crippen LogP contribution in [-0.2, 0) is 4.79 Å². The average molecular weight is 308 g/mol. The molecule has 22 heavy (non-hydrogen) atoms. The van der Waals surface area contributed by atoms with Crippen molar-refractivity contribution < 1.29 is 19.7 Å². The Morgan fingerprint density at radius 1 is 1.00 bits per heavy atom. The van der Waals surface area contributed by atoms with Gasteiger partial charge < -0.3 is 14.9 Å². The smallest absolute Gasteiger partial charge is 0.317 e. The minimum Gasteiger partial charge on any atom is -0.504 e. The van der Waals surface area contributed by atoms with Crippen molar-refractivity contribution in [1.29, 1.82) is 0 Å². The zero-order valence-electron chi connectivity index (χ0n) is 14.7. The first kappa shape index (κ1) is 18.3. The molecule has 2 N–H and O–H groups in total. The summed E-state index contributed by atoms with van der Waals surface area (Å²) in [5.74, 6) is -0.656. The fraction of sp³-hybridized carbons (Fsp3) is 0.611. The Kier molecular flexibility index (Phi) is 4.85. The first-order valence-corrected chi connectivity index (χ1v) is 7.50. The lowest BCUT2D eigenvalue weighted by molar-refractivity contribution is -0.154. The molecule has 0 aliphatic carbocycles. The molecule has 4 heteroatoms. The Hall–Kier alpha value is -1.71. The largest absolute Gasteiger partial charge is 0.504 e. The minimum atomic E-state index is -0.682. The number of benzene rings is 1. The normalized spacial score (nSPS) is 15.2. The third-order valence-electron chi connectivity index (χ3n) is 4.15. The highest BCUT2D eigenvalue weighted by Crippen LogP contribution is 2.47. The summed E-state index contributed by atoms with van der Waals surface area (Å²) in [5, 5.41) is 18.9. The molecular weight excluding hydrogens is 280 g/mol. The number of carbonyl (C=O) groups excluding carboxylic acids is 1. The number of rotatable bonds is 3. The first-order valence-electron chi connectivity index (χ1n) is 7.50. The average Bonchev–Trinajstić information content (AvgIpc) is 2.30. The van der Waals surface area contributed by atoms with Crippen molar-refractivity contribution >= 4 is 5.97 Å². The van der Waals surface area contributed by atoms with E-state index < -0.39 is 5.41 Å². The molecule has 0 aromatic heterocycles. The second-order valence-electron chi connectivity index (χ2n) is 8.36. The molecular formula is C18H28O4. The lowest BCUT2D eigenvalue weighted by atomic mass is 9.61. The molecule has 0 bridgehead atoms. The van der Waals surface area contributed by atoms with E-state index in [1.807, 2.05) is 27.7 Å². The van der Waals surface area contributed by atoms with E-state index in [-0.39, 0.29) is 34.0 Å². The van der Waals surface area contributed by atoms with E-state index in [9.17, 15) is 15.0 Å². The van der Waals surface area contributed by atoms with Crippen molar-refractivity contribution in [1.82, 2.24) is 0 Å². The van der Waals surface area contributed by atoms with E-state index in [4.69, 9.17) is 4.74 Å². The van der Waals surface area contributed by atoms with Crippen LogP contribution in [0.15, 0.2) is 18.2 Å². The first-order chi connectivity index (χ1) is 9.76. The summed E-state index contributed by atoms with van der Waals surface area (Å²) in [4.78, 5) is 12.8. The summed E-state index contributed by atoms with van der Waals surface area (Å²) < 4.78 is 5.48. The molecule has 0 spiro atoms. The van der Waals surface area contributed by atoms with Gasteiger partial charge in [0, 0.05) is 6.07 Å². The van der Waals surface area contributed by atoms with Crippen molar-refractivity contribution in [3.8, 4) is 17.2 Å². The van der Waals surface area contributed by atoms with Gasteiger partial charge in [-0.1, -0.05) is 41.5 Å². The van der Waals surface area contributed by atoms with E-state index >= 15 is 0 Å². The highest BCUT2D eigenvalue weighted by Gasteiger charge is 2.47. The third kappa shape index (κ3) is 4.15. The molecule has 0 saturated carbocycles. The molecule has 4 nitrogen and oxygen atoms in total. The Morgan fingerprint density at radius 3 is 1.95 bits per heavy atom. The van der Waals surface area contributed by atoms with Crippen LogP contribution in [0.25, 0.3) is 0 Å². The van der Waals surface area contributed by atoms with Crippen molar-refractivity contribution in [2.24, 2.45) is 16.2 Å². The number of ether oxygens (including phenoxy) is 1. The molecule has 0 aliphatic rings. The summed E-state index contributed by atoms with van der Waals surface area (Å²) in [7, 11) is 0. The Labute approximate surface area is 133 Å². The van der Waals surface area contributed by atoms with Gasteiger partial charge >= 0.3 is 5.97 Å². The van der Waals surface area contributed by atoms with Crippen molar-refractivity contribution in [2.75, 3.05) is 0 Å². The highest BCUT2D eigenvalue weighted by atomic mass is 16.5. The van der Waals surface area contributed by atoms with Crippen LogP contribution in [0.2, 0.25) is 0 Å². The number of hydrogen-bond donors (Lipinski definition) is 2. The van der Waals surface area contributed by atoms with Crippen LogP contribution in [0.4, 0.5) is 0 Å². The fourth-order valence-electron chi connectivity index (χ4n) is 2.49. The van der Waals surface area contributed by atoms with Crippen LogP contribution in [0, 0.1) is 16.2 Å². The van der Waals surface area contributed by atoms with Crippen molar-refractivity contribution in [2.45, 2.75) is 54.9 Å². The number of phenolic OH excluding ortho intramolecular Hbond substituents is 2. The Bertz CT molecular complexity index is 549. The SMILES string of the molecule is CC(C)(C)CC(C)(C(=O)Oc1ccc(O)c(O)c1)C(C)(C)C. The minimum absolute atomic E-state index is 0.0296. The summed E-state index contributed by atoms with van der Waals surface area (Å²) in [5.41, 5.74) is -0.993. The van der Waals surface area contributed by atoms with Crippen LogP contribution >= 0.6 is 0 Å². The Morgan fingerprint density at radius 2 is 1.55 bits per heavy atom. The highest BCUT2D eigenvalue weighted by molar-refractivity contribution is 5.80. The molecule has 1 aromatic carbocycles. The topological polar surface area (TPSA) is 66.8 Å². The lowest BCUT2D eigenvalue weighted by Crippen LogP contribution is -2.45. The van der Waals surface area contributed by atoms with Gasteiger partial charge in [-0.15, -0.1) is 0 Å². The fourth-order valence-corrected chi connectivity index (χ4v) is 2.49. The van der Waals surface area contributed by atoms with Gasteiger partial charge in [-0.3, -0.25) is 4.79 Å². The lowest BCUT2D eigenvalue weighted by Gasteiger charge is -2.43. The standard InChI is InChI=1S/C18H28O4/c1-16(2,3)11-18(7,17(4,5)6)15(21)22-12-8-9-13(19)14(20)10-12/h8-10,19-20H,11H2,1-7H3. The van der Waals surface area contributed by atoms with E-state index in [2.05, 4.69) is 20.8 Å². The van der Waals surface area contributed by atoms with E-state index in [1.54, 1.807) is 0 Å². The molecule has 124 valence electrons. The number of esters is 1. The van der Waals surface area contributed by atoms with Gasteiger partial charge in [0.05, 0.1) is 5.41 Å². The molecule has 1 unspecified atom stereocenters. The molecule has 0 amide bonds. The summed E-state index contributed by atoms with van der Waals surface area (Å²) >= 11 is 0. The summed E-state index contributed by atoms with van der Waals surface area (Å²) in [6, 6.07) is 4.01. The zero-order chi connectivity index (χ0) is 17.3. The third-order valence-corrected chi connectivity index (χ3v) is 4.15. The number of phenols is 2. The van der Waals surface area contributed by atoms with Crippen molar-refractivity contribution in [3.05, 3.63) is 18.2 Å². The monoisotopic (exact) mass is 308 g/mol. The number of hydrogen-bond acceptors (Lipinski definition) is 4. The van der Waals surface area contributed by atoms with Crippen molar-refractivity contribution in [3.63, 3.8) is 0 Å². The predicted molar refractivity (Wildman–Crippen MR) is 87.0 cm³/mol. The second-order valence-corrected chi connectivity index (χ2v) is 8.36. The maximum atomic E-state index is 12.8. The number of aromatic hydroxyl groups is 2. The maximum absolute atomic E-state index is 12.8. The molecule has 0 saturated heterocycles.